The van der Waals surface area contributed by atoms with Gasteiger partial charge < -0.3 is 25.0 Å². The molecule has 2 N–H and O–H groups in total. The van der Waals surface area contributed by atoms with E-state index in [-0.39, 0.29) is 24.0 Å². The molecule has 1 saturated heterocycles. The van der Waals surface area contributed by atoms with Crippen LogP contribution in [0.4, 0.5) is 0 Å². The Kier molecular flexibility index (Phi) is 14.1. The van der Waals surface area contributed by atoms with Crippen molar-refractivity contribution in [3.05, 3.63) is 29.8 Å². The summed E-state index contributed by atoms with van der Waals surface area (Å²) in [5.74, 6) is 1.89. The van der Waals surface area contributed by atoms with Crippen LogP contribution >= 0.6 is 24.0 Å². The van der Waals surface area contributed by atoms with Crippen LogP contribution < -0.4 is 15.4 Å². The van der Waals surface area contributed by atoms with Crippen molar-refractivity contribution in [2.75, 3.05) is 53.0 Å². The van der Waals surface area contributed by atoms with Gasteiger partial charge in [-0.3, -0.25) is 4.99 Å². The first-order valence-corrected chi connectivity index (χ1v) is 10.7. The summed E-state index contributed by atoms with van der Waals surface area (Å²) in [6.45, 7) is 10.8. The predicted octanol–water partition coefficient (Wildman–Crippen LogP) is 3.44. The molecule has 2 rings (SSSR count). The summed E-state index contributed by atoms with van der Waals surface area (Å²) >= 11 is 0. The maximum atomic E-state index is 5.86. The third-order valence-electron chi connectivity index (χ3n) is 5.02. The fourth-order valence-corrected chi connectivity index (χ4v) is 3.40. The minimum Gasteiger partial charge on any atom is -0.493 e. The monoisotopic (exact) mass is 518 g/mol. The molecule has 1 aliphatic rings. The van der Waals surface area contributed by atoms with Crippen LogP contribution in [-0.2, 0) is 4.74 Å². The van der Waals surface area contributed by atoms with Crippen molar-refractivity contribution in [3.8, 4) is 5.75 Å². The lowest BCUT2D eigenvalue weighted by molar-refractivity contribution is 0.155. The number of nitrogens with zero attached hydrogens (tertiary/aromatic N) is 2. The number of rotatable bonds is 11. The van der Waals surface area contributed by atoms with Crippen molar-refractivity contribution in [2.45, 2.75) is 45.6 Å². The first-order valence-electron chi connectivity index (χ1n) is 10.7. The van der Waals surface area contributed by atoms with Crippen LogP contribution in [0, 0.1) is 6.92 Å². The second-order valence-electron chi connectivity index (χ2n) is 7.33. The van der Waals surface area contributed by atoms with Crippen molar-refractivity contribution in [1.82, 2.24) is 15.5 Å². The van der Waals surface area contributed by atoms with E-state index >= 15 is 0 Å². The zero-order valence-corrected chi connectivity index (χ0v) is 20.6. The highest BCUT2D eigenvalue weighted by molar-refractivity contribution is 14.0. The lowest BCUT2D eigenvalue weighted by atomic mass is 10.1. The number of aliphatic imine (C=N–C) groups is 1. The topological polar surface area (TPSA) is 58.1 Å². The van der Waals surface area contributed by atoms with E-state index in [1.54, 1.807) is 7.11 Å². The lowest BCUT2D eigenvalue weighted by Gasteiger charge is -2.33. The highest BCUT2D eigenvalue weighted by atomic mass is 127. The van der Waals surface area contributed by atoms with Crippen LogP contribution in [0.1, 0.15) is 38.2 Å². The third kappa shape index (κ3) is 10.5. The SMILES string of the molecule is CCNC(=NCCCOc1ccccc1C)NC1CCN(CCCOC)CC1.I. The minimum atomic E-state index is 0. The molecule has 0 atom stereocenters. The Labute approximate surface area is 193 Å². The van der Waals surface area contributed by atoms with Gasteiger partial charge in [0, 0.05) is 58.9 Å². The van der Waals surface area contributed by atoms with E-state index in [0.717, 1.165) is 76.7 Å². The van der Waals surface area contributed by atoms with E-state index in [1.807, 2.05) is 18.2 Å². The van der Waals surface area contributed by atoms with Gasteiger partial charge in [-0.2, -0.15) is 0 Å². The molecule has 7 heteroatoms. The van der Waals surface area contributed by atoms with Crippen LogP contribution in [0.15, 0.2) is 29.3 Å². The summed E-state index contributed by atoms with van der Waals surface area (Å²) in [5, 5.41) is 6.98. The van der Waals surface area contributed by atoms with Crippen molar-refractivity contribution >= 4 is 29.9 Å². The number of methoxy groups -OCH3 is 1. The van der Waals surface area contributed by atoms with Crippen molar-refractivity contribution in [1.29, 1.82) is 0 Å². The zero-order valence-electron chi connectivity index (χ0n) is 18.3. The molecule has 0 amide bonds. The van der Waals surface area contributed by atoms with Gasteiger partial charge >= 0.3 is 0 Å². The molecule has 1 heterocycles. The average molecular weight is 518 g/mol. The Morgan fingerprint density at radius 3 is 2.62 bits per heavy atom. The molecule has 0 radical (unpaired) electrons. The van der Waals surface area contributed by atoms with Gasteiger partial charge in [-0.05, 0) is 44.7 Å². The second-order valence-corrected chi connectivity index (χ2v) is 7.33. The molecular formula is C22H39IN4O2. The van der Waals surface area contributed by atoms with Crippen molar-refractivity contribution in [2.24, 2.45) is 4.99 Å². The molecule has 0 unspecified atom stereocenters. The second kappa shape index (κ2) is 15.7. The maximum absolute atomic E-state index is 5.86. The van der Waals surface area contributed by atoms with Crippen molar-refractivity contribution in [3.63, 3.8) is 0 Å². The molecule has 0 spiro atoms. The molecule has 0 aromatic heterocycles. The largest absolute Gasteiger partial charge is 0.493 e. The molecule has 1 aliphatic heterocycles. The third-order valence-corrected chi connectivity index (χ3v) is 5.02. The summed E-state index contributed by atoms with van der Waals surface area (Å²) < 4.78 is 11.0. The number of piperidine rings is 1. The number of para-hydroxylation sites is 1. The van der Waals surface area contributed by atoms with E-state index in [1.165, 1.54) is 5.56 Å². The number of guanidine groups is 1. The number of hydrogen-bond donors (Lipinski definition) is 2. The average Bonchev–Trinajstić information content (AvgIpc) is 2.70. The zero-order chi connectivity index (χ0) is 20.0. The summed E-state index contributed by atoms with van der Waals surface area (Å²) in [5.41, 5.74) is 1.18. The van der Waals surface area contributed by atoms with E-state index < -0.39 is 0 Å². The van der Waals surface area contributed by atoms with Gasteiger partial charge in [0.25, 0.3) is 0 Å². The summed E-state index contributed by atoms with van der Waals surface area (Å²) in [6, 6.07) is 8.64. The Hall–Kier alpha value is -1.06. The van der Waals surface area contributed by atoms with E-state index in [4.69, 9.17) is 14.5 Å². The number of halogens is 1. The Morgan fingerprint density at radius 2 is 1.93 bits per heavy atom. The molecule has 166 valence electrons. The van der Waals surface area contributed by atoms with Gasteiger partial charge in [0.05, 0.1) is 6.61 Å². The van der Waals surface area contributed by atoms with Crippen LogP contribution in [0.3, 0.4) is 0 Å². The van der Waals surface area contributed by atoms with Crippen LogP contribution in [0.25, 0.3) is 0 Å². The molecule has 1 aromatic rings. The van der Waals surface area contributed by atoms with Gasteiger partial charge in [0.15, 0.2) is 5.96 Å². The highest BCUT2D eigenvalue weighted by Crippen LogP contribution is 2.16. The lowest BCUT2D eigenvalue weighted by Crippen LogP contribution is -2.48. The van der Waals surface area contributed by atoms with Crippen molar-refractivity contribution < 1.29 is 9.47 Å². The summed E-state index contributed by atoms with van der Waals surface area (Å²) in [4.78, 5) is 7.26. The van der Waals surface area contributed by atoms with E-state index in [2.05, 4.69) is 35.4 Å². The first kappa shape index (κ1) is 26.0. The quantitative estimate of drug-likeness (QED) is 0.204. The number of hydrogen-bond acceptors (Lipinski definition) is 4. The number of likely N-dealkylation sites (tertiary alicyclic amines) is 1. The Bertz CT molecular complexity index is 578. The molecule has 0 aliphatic carbocycles. The fraction of sp³-hybridized carbons (Fsp3) is 0.682. The van der Waals surface area contributed by atoms with Gasteiger partial charge in [0.1, 0.15) is 5.75 Å². The smallest absolute Gasteiger partial charge is 0.191 e. The van der Waals surface area contributed by atoms with Crippen LogP contribution in [0.2, 0.25) is 0 Å². The van der Waals surface area contributed by atoms with Crippen LogP contribution in [0.5, 0.6) is 5.75 Å². The van der Waals surface area contributed by atoms with Gasteiger partial charge in [-0.15, -0.1) is 24.0 Å². The number of aryl methyl sites for hydroxylation is 1. The highest BCUT2D eigenvalue weighted by Gasteiger charge is 2.19. The molecule has 1 fully saturated rings. The number of ether oxygens (including phenoxy) is 2. The fourth-order valence-electron chi connectivity index (χ4n) is 3.40. The Balaban J connectivity index is 0.00000420. The molecule has 29 heavy (non-hydrogen) atoms. The van der Waals surface area contributed by atoms with Gasteiger partial charge in [0.2, 0.25) is 0 Å². The maximum Gasteiger partial charge on any atom is 0.191 e. The molecule has 6 nitrogen and oxygen atoms in total. The summed E-state index contributed by atoms with van der Waals surface area (Å²) in [7, 11) is 1.77. The molecule has 0 saturated carbocycles. The standard InChI is InChI=1S/C22H38N4O2.HI/c1-4-23-22(24-13-7-18-28-21-10-6-5-9-19(21)2)25-20-11-15-26(16-12-20)14-8-17-27-3;/h5-6,9-10,20H,4,7-8,11-18H2,1-3H3,(H2,23,24,25);1H. The molecule has 1 aromatic carbocycles. The van der Waals surface area contributed by atoms with Gasteiger partial charge in [-0.25, -0.2) is 0 Å². The predicted molar refractivity (Wildman–Crippen MR) is 132 cm³/mol. The van der Waals surface area contributed by atoms with E-state index in [9.17, 15) is 0 Å². The molecular weight excluding hydrogens is 479 g/mol. The first-order chi connectivity index (χ1) is 13.7. The number of nitrogens with one attached hydrogen (secondary N) is 2. The minimum absolute atomic E-state index is 0. The van der Waals surface area contributed by atoms with E-state index in [0.29, 0.717) is 12.6 Å². The summed E-state index contributed by atoms with van der Waals surface area (Å²) in [6.07, 6.45) is 4.34. The van der Waals surface area contributed by atoms with Crippen LogP contribution in [-0.4, -0.2) is 69.9 Å². The normalized spacial score (nSPS) is 15.6. The van der Waals surface area contributed by atoms with Gasteiger partial charge in [-0.1, -0.05) is 18.2 Å². The number of benzene rings is 1. The molecule has 0 bridgehead atoms. The Morgan fingerprint density at radius 1 is 1.17 bits per heavy atom.